The first-order chi connectivity index (χ1) is 8.53. The van der Waals surface area contributed by atoms with E-state index in [1.807, 2.05) is 13.8 Å². The van der Waals surface area contributed by atoms with Gasteiger partial charge in [0.1, 0.15) is 0 Å². The highest BCUT2D eigenvalue weighted by molar-refractivity contribution is 5.74. The molecular formula is C13H22N2O3. The number of nitrogens with one attached hydrogen (secondary N) is 2. The molecule has 0 aliphatic heterocycles. The van der Waals surface area contributed by atoms with Crippen molar-refractivity contribution in [3.05, 3.63) is 0 Å². The monoisotopic (exact) mass is 254 g/mol. The van der Waals surface area contributed by atoms with E-state index in [-0.39, 0.29) is 24.4 Å². The fourth-order valence-electron chi connectivity index (χ4n) is 1.52. The van der Waals surface area contributed by atoms with Crippen molar-refractivity contribution in [1.82, 2.24) is 10.6 Å². The largest absolute Gasteiger partial charge is 0.481 e. The number of carboxylic acid groups (broad SMARTS) is 1. The Bertz CT molecular complexity index is 310. The number of urea groups is 1. The van der Waals surface area contributed by atoms with Crippen LogP contribution in [0.3, 0.4) is 0 Å². The molecule has 0 bridgehead atoms. The van der Waals surface area contributed by atoms with Crippen molar-refractivity contribution in [1.29, 1.82) is 0 Å². The van der Waals surface area contributed by atoms with E-state index in [9.17, 15) is 9.59 Å². The lowest BCUT2D eigenvalue weighted by Gasteiger charge is -2.17. The summed E-state index contributed by atoms with van der Waals surface area (Å²) in [6.07, 6.45) is 7.24. The number of hydrogen-bond donors (Lipinski definition) is 3. The van der Waals surface area contributed by atoms with Crippen LogP contribution in [0.4, 0.5) is 4.79 Å². The molecule has 0 saturated carbocycles. The number of terminal acetylenes is 1. The third-order valence-corrected chi connectivity index (χ3v) is 2.78. The first-order valence-electron chi connectivity index (χ1n) is 6.23. The van der Waals surface area contributed by atoms with E-state index in [0.717, 1.165) is 6.42 Å². The van der Waals surface area contributed by atoms with E-state index in [1.54, 1.807) is 0 Å². The minimum atomic E-state index is -0.845. The molecular weight excluding hydrogens is 232 g/mol. The number of amides is 2. The van der Waals surface area contributed by atoms with Gasteiger partial charge in [-0.05, 0) is 12.3 Å². The van der Waals surface area contributed by atoms with E-state index in [1.165, 1.54) is 0 Å². The minimum absolute atomic E-state index is 0.0328. The predicted molar refractivity (Wildman–Crippen MR) is 70.1 cm³/mol. The van der Waals surface area contributed by atoms with Crippen LogP contribution < -0.4 is 10.6 Å². The molecule has 3 N–H and O–H groups in total. The molecule has 2 atom stereocenters. The Balaban J connectivity index is 4.00. The standard InChI is InChI=1S/C13H22N2O3/c1-4-7-11(6-3)15-13(18)14-9-10(5-2)8-12(16)17/h1,10-11H,5-9H2,2-3H3,(H,16,17)(H2,14,15,18). The van der Waals surface area contributed by atoms with Gasteiger partial charge in [0.15, 0.2) is 0 Å². The average molecular weight is 254 g/mol. The van der Waals surface area contributed by atoms with Crippen LogP contribution in [0.1, 0.15) is 39.5 Å². The molecule has 0 radical (unpaired) electrons. The summed E-state index contributed by atoms with van der Waals surface area (Å²) in [5.74, 6) is 1.62. The van der Waals surface area contributed by atoms with Gasteiger partial charge in [0.05, 0.1) is 0 Å². The summed E-state index contributed by atoms with van der Waals surface area (Å²) >= 11 is 0. The zero-order chi connectivity index (χ0) is 14.0. The molecule has 0 aromatic heterocycles. The van der Waals surface area contributed by atoms with Crippen LogP contribution in [0.2, 0.25) is 0 Å². The van der Waals surface area contributed by atoms with Gasteiger partial charge >= 0.3 is 12.0 Å². The Hall–Kier alpha value is -1.70. The van der Waals surface area contributed by atoms with Gasteiger partial charge in [0.2, 0.25) is 0 Å². The molecule has 0 aliphatic carbocycles. The van der Waals surface area contributed by atoms with Crippen LogP contribution in [0.25, 0.3) is 0 Å². The van der Waals surface area contributed by atoms with Crippen molar-refractivity contribution in [2.75, 3.05) is 6.54 Å². The molecule has 0 saturated heterocycles. The Labute approximate surface area is 108 Å². The molecule has 5 nitrogen and oxygen atoms in total. The molecule has 2 amide bonds. The molecule has 5 heteroatoms. The summed E-state index contributed by atoms with van der Waals surface area (Å²) in [5, 5.41) is 14.1. The molecule has 2 unspecified atom stereocenters. The Morgan fingerprint density at radius 2 is 2.00 bits per heavy atom. The fraction of sp³-hybridized carbons (Fsp3) is 0.692. The fourth-order valence-corrected chi connectivity index (χ4v) is 1.52. The first-order valence-corrected chi connectivity index (χ1v) is 6.23. The minimum Gasteiger partial charge on any atom is -0.481 e. The zero-order valence-corrected chi connectivity index (χ0v) is 11.0. The second-order valence-corrected chi connectivity index (χ2v) is 4.24. The van der Waals surface area contributed by atoms with Gasteiger partial charge in [0.25, 0.3) is 0 Å². The topological polar surface area (TPSA) is 78.4 Å². The maximum atomic E-state index is 11.6. The summed E-state index contributed by atoms with van der Waals surface area (Å²) in [7, 11) is 0. The van der Waals surface area contributed by atoms with Crippen LogP contribution in [0.5, 0.6) is 0 Å². The third-order valence-electron chi connectivity index (χ3n) is 2.78. The van der Waals surface area contributed by atoms with Gasteiger partial charge in [-0.25, -0.2) is 4.79 Å². The smallest absolute Gasteiger partial charge is 0.315 e. The normalized spacial score (nSPS) is 13.2. The highest BCUT2D eigenvalue weighted by atomic mass is 16.4. The molecule has 0 aromatic carbocycles. The van der Waals surface area contributed by atoms with E-state index in [4.69, 9.17) is 11.5 Å². The molecule has 0 spiro atoms. The first kappa shape index (κ1) is 16.3. The van der Waals surface area contributed by atoms with Gasteiger partial charge < -0.3 is 15.7 Å². The SMILES string of the molecule is C#CCC(CC)NC(=O)NCC(CC)CC(=O)O. The maximum absolute atomic E-state index is 11.6. The van der Waals surface area contributed by atoms with Crippen molar-refractivity contribution < 1.29 is 14.7 Å². The third kappa shape index (κ3) is 7.55. The van der Waals surface area contributed by atoms with Crippen LogP contribution in [-0.2, 0) is 4.79 Å². The second kappa shape index (κ2) is 9.34. The van der Waals surface area contributed by atoms with Crippen molar-refractivity contribution in [2.45, 2.75) is 45.6 Å². The lowest BCUT2D eigenvalue weighted by Crippen LogP contribution is -2.43. The molecule has 0 aliphatic rings. The molecule has 0 heterocycles. The van der Waals surface area contributed by atoms with E-state index >= 15 is 0 Å². The zero-order valence-electron chi connectivity index (χ0n) is 11.0. The number of rotatable bonds is 8. The van der Waals surface area contributed by atoms with E-state index < -0.39 is 5.97 Å². The van der Waals surface area contributed by atoms with Crippen LogP contribution in [0.15, 0.2) is 0 Å². The Morgan fingerprint density at radius 1 is 1.33 bits per heavy atom. The van der Waals surface area contributed by atoms with E-state index in [0.29, 0.717) is 19.4 Å². The van der Waals surface area contributed by atoms with Gasteiger partial charge in [-0.15, -0.1) is 12.3 Å². The number of carboxylic acids is 1. The summed E-state index contributed by atoms with van der Waals surface area (Å²) in [4.78, 5) is 22.1. The number of carbonyl (C=O) groups excluding carboxylic acids is 1. The predicted octanol–water partition coefficient (Wildman–Crippen LogP) is 1.59. The number of hydrogen-bond acceptors (Lipinski definition) is 2. The quantitative estimate of drug-likeness (QED) is 0.575. The van der Waals surface area contributed by atoms with Gasteiger partial charge in [0, 0.05) is 25.4 Å². The van der Waals surface area contributed by atoms with Crippen LogP contribution >= 0.6 is 0 Å². The number of carbonyl (C=O) groups is 2. The van der Waals surface area contributed by atoms with Gasteiger partial charge in [-0.1, -0.05) is 20.3 Å². The number of aliphatic carboxylic acids is 1. The Morgan fingerprint density at radius 3 is 2.44 bits per heavy atom. The van der Waals surface area contributed by atoms with E-state index in [2.05, 4.69) is 16.6 Å². The molecule has 18 heavy (non-hydrogen) atoms. The molecule has 0 rings (SSSR count). The average Bonchev–Trinajstić information content (AvgIpc) is 2.33. The second-order valence-electron chi connectivity index (χ2n) is 4.24. The highest BCUT2D eigenvalue weighted by Gasteiger charge is 2.13. The summed E-state index contributed by atoms with van der Waals surface area (Å²) in [5.41, 5.74) is 0. The van der Waals surface area contributed by atoms with Gasteiger partial charge in [-0.3, -0.25) is 4.79 Å². The van der Waals surface area contributed by atoms with Crippen molar-refractivity contribution in [2.24, 2.45) is 5.92 Å². The summed E-state index contributed by atoms with van der Waals surface area (Å²) in [6, 6.07) is -0.324. The summed E-state index contributed by atoms with van der Waals surface area (Å²) < 4.78 is 0. The molecule has 102 valence electrons. The molecule has 0 aromatic rings. The lowest BCUT2D eigenvalue weighted by atomic mass is 10.0. The van der Waals surface area contributed by atoms with Crippen molar-refractivity contribution >= 4 is 12.0 Å². The van der Waals surface area contributed by atoms with Crippen LogP contribution in [-0.4, -0.2) is 29.7 Å². The van der Waals surface area contributed by atoms with Gasteiger partial charge in [-0.2, -0.15) is 0 Å². The van der Waals surface area contributed by atoms with Crippen molar-refractivity contribution in [3.8, 4) is 12.3 Å². The molecule has 0 fully saturated rings. The lowest BCUT2D eigenvalue weighted by molar-refractivity contribution is -0.138. The van der Waals surface area contributed by atoms with Crippen molar-refractivity contribution in [3.63, 3.8) is 0 Å². The summed E-state index contributed by atoms with van der Waals surface area (Å²) in [6.45, 7) is 4.21. The maximum Gasteiger partial charge on any atom is 0.315 e. The Kier molecular flexibility index (Phi) is 8.46. The highest BCUT2D eigenvalue weighted by Crippen LogP contribution is 2.06. The van der Waals surface area contributed by atoms with Crippen LogP contribution in [0, 0.1) is 18.3 Å².